The van der Waals surface area contributed by atoms with E-state index in [2.05, 4.69) is 4.98 Å². The number of ketones is 1. The smallest absolute Gasteiger partial charge is 0.337 e. The molecule has 2 aromatic carbocycles. The number of methoxy groups -OCH3 is 1. The largest absolute Gasteiger partial charge is 0.383 e. The summed E-state index contributed by atoms with van der Waals surface area (Å²) in [5.74, 6) is -0.136. The van der Waals surface area contributed by atoms with Crippen LogP contribution in [-0.2, 0) is 17.8 Å². The molecule has 8 heteroatoms. The number of aromatic nitrogens is 4. The lowest BCUT2D eigenvalue weighted by atomic mass is 10.0. The highest BCUT2D eigenvalue weighted by molar-refractivity contribution is 5.98. The van der Waals surface area contributed by atoms with Crippen LogP contribution in [0.4, 0.5) is 0 Å². The van der Waals surface area contributed by atoms with Crippen LogP contribution in [0.2, 0.25) is 0 Å². The van der Waals surface area contributed by atoms with E-state index >= 15 is 0 Å². The summed E-state index contributed by atoms with van der Waals surface area (Å²) in [4.78, 5) is 44.0. The number of benzene rings is 2. The Bertz CT molecular complexity index is 1460. The summed E-state index contributed by atoms with van der Waals surface area (Å²) < 4.78 is 9.16. The highest BCUT2D eigenvalue weighted by Crippen LogP contribution is 2.16. The van der Waals surface area contributed by atoms with Crippen molar-refractivity contribution in [3.05, 3.63) is 91.9 Å². The number of rotatable bonds is 7. The SMILES string of the molecule is COCCn1c(=O)c2c(ncn2CC(=O)c2ccc(C)cc2C)n(-c2ccc(C)cc2)c1=O. The van der Waals surface area contributed by atoms with Gasteiger partial charge in [0.2, 0.25) is 0 Å². The number of carbonyl (C=O) groups excluding carboxylic acids is 1. The molecule has 0 spiro atoms. The van der Waals surface area contributed by atoms with Crippen LogP contribution in [0, 0.1) is 20.8 Å². The van der Waals surface area contributed by atoms with Crippen molar-refractivity contribution in [1.29, 1.82) is 0 Å². The molecule has 0 aliphatic heterocycles. The van der Waals surface area contributed by atoms with Crippen molar-refractivity contribution >= 4 is 16.9 Å². The first-order valence-electron chi connectivity index (χ1n) is 10.7. The van der Waals surface area contributed by atoms with Gasteiger partial charge in [0.25, 0.3) is 5.56 Å². The monoisotopic (exact) mass is 446 g/mol. The van der Waals surface area contributed by atoms with Crippen molar-refractivity contribution in [2.75, 3.05) is 13.7 Å². The first-order valence-corrected chi connectivity index (χ1v) is 10.7. The Balaban J connectivity index is 1.90. The van der Waals surface area contributed by atoms with E-state index < -0.39 is 11.2 Å². The Hall–Kier alpha value is -3.78. The average Bonchev–Trinajstić information content (AvgIpc) is 3.18. The lowest BCUT2D eigenvalue weighted by Crippen LogP contribution is -2.41. The summed E-state index contributed by atoms with van der Waals surface area (Å²) >= 11 is 0. The molecule has 0 saturated heterocycles. The normalized spacial score (nSPS) is 11.3. The highest BCUT2D eigenvalue weighted by Gasteiger charge is 2.21. The van der Waals surface area contributed by atoms with Crippen molar-refractivity contribution < 1.29 is 9.53 Å². The standard InChI is InChI=1S/C25H26N4O4/c1-16-5-8-19(9-6-16)29-23-22(24(31)28(25(29)32)11-12-33-4)27(15-26-23)14-21(30)20-10-7-17(2)13-18(20)3/h5-10,13,15H,11-12,14H2,1-4H3. The van der Waals surface area contributed by atoms with Gasteiger partial charge >= 0.3 is 5.69 Å². The third kappa shape index (κ3) is 4.17. The van der Waals surface area contributed by atoms with E-state index in [1.165, 1.54) is 22.6 Å². The van der Waals surface area contributed by atoms with E-state index in [4.69, 9.17) is 4.74 Å². The molecule has 2 heterocycles. The molecule has 0 N–H and O–H groups in total. The topological polar surface area (TPSA) is 88.1 Å². The third-order valence-corrected chi connectivity index (χ3v) is 5.71. The van der Waals surface area contributed by atoms with Gasteiger partial charge in [-0.15, -0.1) is 0 Å². The molecule has 0 aliphatic rings. The second-order valence-electron chi connectivity index (χ2n) is 8.19. The second-order valence-corrected chi connectivity index (χ2v) is 8.19. The second kappa shape index (κ2) is 8.99. The molecule has 4 aromatic rings. The van der Waals surface area contributed by atoms with Gasteiger partial charge < -0.3 is 9.30 Å². The predicted octanol–water partition coefficient (Wildman–Crippen LogP) is 2.80. The lowest BCUT2D eigenvalue weighted by Gasteiger charge is -2.13. The summed E-state index contributed by atoms with van der Waals surface area (Å²) in [6.45, 7) is 6.04. The van der Waals surface area contributed by atoms with Crippen molar-refractivity contribution in [1.82, 2.24) is 18.7 Å². The van der Waals surface area contributed by atoms with Gasteiger partial charge in [-0.05, 0) is 38.5 Å². The van der Waals surface area contributed by atoms with Crippen LogP contribution in [0.15, 0.2) is 58.4 Å². The van der Waals surface area contributed by atoms with Crippen LogP contribution in [0.1, 0.15) is 27.0 Å². The number of aryl methyl sites for hydroxylation is 3. The number of hydrogen-bond donors (Lipinski definition) is 0. The maximum atomic E-state index is 13.3. The molecule has 33 heavy (non-hydrogen) atoms. The fourth-order valence-electron chi connectivity index (χ4n) is 3.97. The van der Waals surface area contributed by atoms with Crippen molar-refractivity contribution in [3.63, 3.8) is 0 Å². The van der Waals surface area contributed by atoms with E-state index in [0.717, 1.165) is 21.3 Å². The van der Waals surface area contributed by atoms with Crippen molar-refractivity contribution in [3.8, 4) is 5.69 Å². The van der Waals surface area contributed by atoms with Crippen LogP contribution in [0.3, 0.4) is 0 Å². The van der Waals surface area contributed by atoms with Gasteiger partial charge in [0, 0.05) is 12.7 Å². The van der Waals surface area contributed by atoms with E-state index in [-0.39, 0.29) is 36.6 Å². The quantitative estimate of drug-likeness (QED) is 0.408. The molecule has 0 atom stereocenters. The summed E-state index contributed by atoms with van der Waals surface area (Å²) in [6, 6.07) is 13.0. The van der Waals surface area contributed by atoms with Gasteiger partial charge in [-0.1, -0.05) is 41.5 Å². The Morgan fingerprint density at radius 3 is 2.36 bits per heavy atom. The zero-order chi connectivity index (χ0) is 23.7. The average molecular weight is 447 g/mol. The summed E-state index contributed by atoms with van der Waals surface area (Å²) in [7, 11) is 1.51. The van der Waals surface area contributed by atoms with Crippen LogP contribution in [0.25, 0.3) is 16.9 Å². The van der Waals surface area contributed by atoms with Crippen LogP contribution < -0.4 is 11.2 Å². The van der Waals surface area contributed by atoms with Crippen molar-refractivity contribution in [2.45, 2.75) is 33.9 Å². The molecule has 0 bridgehead atoms. The highest BCUT2D eigenvalue weighted by atomic mass is 16.5. The molecule has 0 fully saturated rings. The molecule has 0 saturated carbocycles. The maximum Gasteiger partial charge on any atom is 0.337 e. The number of Topliss-reactive ketones (excluding diaryl/α,β-unsaturated/α-hetero) is 1. The Morgan fingerprint density at radius 1 is 1.00 bits per heavy atom. The Labute approximate surface area is 190 Å². The van der Waals surface area contributed by atoms with Gasteiger partial charge in [0.1, 0.15) is 0 Å². The number of nitrogens with zero attached hydrogens (tertiary/aromatic N) is 4. The fraction of sp³-hybridized carbons (Fsp3) is 0.280. The van der Waals surface area contributed by atoms with E-state index in [0.29, 0.717) is 11.3 Å². The number of ether oxygens (including phenoxy) is 1. The van der Waals surface area contributed by atoms with Gasteiger partial charge in [-0.2, -0.15) is 0 Å². The molecule has 4 rings (SSSR count). The minimum absolute atomic E-state index is 0.0635. The first kappa shape index (κ1) is 22.4. The number of hydrogen-bond acceptors (Lipinski definition) is 5. The van der Waals surface area contributed by atoms with Gasteiger partial charge in [-0.3, -0.25) is 14.2 Å². The molecule has 0 amide bonds. The third-order valence-electron chi connectivity index (χ3n) is 5.71. The zero-order valence-electron chi connectivity index (χ0n) is 19.2. The Kier molecular flexibility index (Phi) is 6.11. The molecule has 0 aliphatic carbocycles. The van der Waals surface area contributed by atoms with Crippen LogP contribution >= 0.6 is 0 Å². The number of carbonyl (C=O) groups is 1. The molecule has 0 unspecified atom stereocenters. The molecule has 2 aromatic heterocycles. The molecule has 170 valence electrons. The molecule has 0 radical (unpaired) electrons. The van der Waals surface area contributed by atoms with Crippen LogP contribution in [-0.4, -0.2) is 38.2 Å². The first-order chi connectivity index (χ1) is 15.8. The van der Waals surface area contributed by atoms with Crippen molar-refractivity contribution in [2.24, 2.45) is 0 Å². The molecule has 8 nitrogen and oxygen atoms in total. The number of imidazole rings is 1. The van der Waals surface area contributed by atoms with E-state index in [1.54, 1.807) is 18.2 Å². The summed E-state index contributed by atoms with van der Waals surface area (Å²) in [5, 5.41) is 0. The molecular formula is C25H26N4O4. The fourth-order valence-corrected chi connectivity index (χ4v) is 3.97. The predicted molar refractivity (Wildman–Crippen MR) is 126 cm³/mol. The lowest BCUT2D eigenvalue weighted by molar-refractivity contribution is 0.0972. The minimum Gasteiger partial charge on any atom is -0.383 e. The van der Waals surface area contributed by atoms with Gasteiger partial charge in [0.15, 0.2) is 16.9 Å². The maximum absolute atomic E-state index is 13.3. The molecular weight excluding hydrogens is 420 g/mol. The zero-order valence-corrected chi connectivity index (χ0v) is 19.2. The summed E-state index contributed by atoms with van der Waals surface area (Å²) in [5.41, 5.74) is 3.59. The minimum atomic E-state index is -0.501. The van der Waals surface area contributed by atoms with Gasteiger partial charge in [0.05, 0.1) is 31.7 Å². The Morgan fingerprint density at radius 2 is 1.70 bits per heavy atom. The van der Waals surface area contributed by atoms with Gasteiger partial charge in [-0.25, -0.2) is 14.3 Å². The van der Waals surface area contributed by atoms with E-state index in [1.807, 2.05) is 45.0 Å². The van der Waals surface area contributed by atoms with Crippen LogP contribution in [0.5, 0.6) is 0 Å². The summed E-state index contributed by atoms with van der Waals surface area (Å²) in [6.07, 6.45) is 1.44. The van der Waals surface area contributed by atoms with E-state index in [9.17, 15) is 14.4 Å². The number of fused-ring (bicyclic) bond motifs is 1.